The first-order chi connectivity index (χ1) is 13.0. The lowest BCUT2D eigenvalue weighted by molar-refractivity contribution is -0.116. The van der Waals surface area contributed by atoms with Crippen molar-refractivity contribution >= 4 is 23.2 Å². The molecule has 0 saturated carbocycles. The summed E-state index contributed by atoms with van der Waals surface area (Å²) in [6, 6.07) is 14.3. The minimum atomic E-state index is -0.317. The predicted octanol–water partition coefficient (Wildman–Crippen LogP) is 2.04. The highest BCUT2D eigenvalue weighted by Gasteiger charge is 2.31. The summed E-state index contributed by atoms with van der Waals surface area (Å²) in [5.41, 5.74) is 3.16. The van der Waals surface area contributed by atoms with Crippen LogP contribution in [0.25, 0.3) is 11.4 Å². The fourth-order valence-corrected chi connectivity index (χ4v) is 3.03. The molecule has 1 N–H and O–H groups in total. The molecule has 27 heavy (non-hydrogen) atoms. The van der Waals surface area contributed by atoms with Gasteiger partial charge in [-0.05, 0) is 41.6 Å². The van der Waals surface area contributed by atoms with Gasteiger partial charge in [0.15, 0.2) is 5.82 Å². The molecule has 3 aromatic rings. The Morgan fingerprint density at radius 3 is 2.63 bits per heavy atom. The standard InChI is InChI=1S/C19H16N6O2/c1-12-16-8-3-4-9-17(16)19(27)24(12)11-18(26)20-14-6-5-7-15(10-14)25-13(2)21-22-23-25/h3-10H,1,11H2,2H3,(H,20,26). The summed E-state index contributed by atoms with van der Waals surface area (Å²) in [7, 11) is 0. The molecule has 0 spiro atoms. The van der Waals surface area contributed by atoms with Crippen molar-refractivity contribution < 1.29 is 9.59 Å². The molecule has 1 aliphatic heterocycles. The van der Waals surface area contributed by atoms with Crippen molar-refractivity contribution in [2.24, 2.45) is 0 Å². The summed E-state index contributed by atoms with van der Waals surface area (Å²) in [5, 5.41) is 14.2. The number of nitrogens with zero attached hydrogens (tertiary/aromatic N) is 5. The van der Waals surface area contributed by atoms with Crippen molar-refractivity contribution in [3.63, 3.8) is 0 Å². The van der Waals surface area contributed by atoms with Crippen LogP contribution in [0.5, 0.6) is 0 Å². The van der Waals surface area contributed by atoms with E-state index in [0.29, 0.717) is 22.8 Å². The maximum absolute atomic E-state index is 12.5. The number of amides is 2. The largest absolute Gasteiger partial charge is 0.324 e. The molecule has 8 heteroatoms. The number of tetrazole rings is 1. The minimum absolute atomic E-state index is 0.111. The van der Waals surface area contributed by atoms with Crippen LogP contribution in [0, 0.1) is 6.92 Å². The van der Waals surface area contributed by atoms with Crippen molar-refractivity contribution in [2.75, 3.05) is 11.9 Å². The quantitative estimate of drug-likeness (QED) is 0.768. The zero-order valence-electron chi connectivity index (χ0n) is 14.6. The summed E-state index contributed by atoms with van der Waals surface area (Å²) in [4.78, 5) is 26.4. The van der Waals surface area contributed by atoms with E-state index in [9.17, 15) is 9.59 Å². The molecule has 0 saturated heterocycles. The lowest BCUT2D eigenvalue weighted by atomic mass is 10.1. The van der Waals surface area contributed by atoms with Gasteiger partial charge in [0.2, 0.25) is 5.91 Å². The molecule has 0 radical (unpaired) electrons. The number of benzene rings is 2. The Balaban J connectivity index is 1.49. The minimum Gasteiger partial charge on any atom is -0.324 e. The van der Waals surface area contributed by atoms with E-state index < -0.39 is 0 Å². The number of carbonyl (C=O) groups excluding carboxylic acids is 2. The molecule has 2 aromatic carbocycles. The smallest absolute Gasteiger partial charge is 0.259 e. The average Bonchev–Trinajstić information content (AvgIpc) is 3.20. The van der Waals surface area contributed by atoms with Crippen molar-refractivity contribution in [3.8, 4) is 5.69 Å². The van der Waals surface area contributed by atoms with Crippen LogP contribution in [0.3, 0.4) is 0 Å². The van der Waals surface area contributed by atoms with Gasteiger partial charge < -0.3 is 5.32 Å². The third-order valence-electron chi connectivity index (χ3n) is 4.34. The van der Waals surface area contributed by atoms with Crippen LogP contribution in [0.2, 0.25) is 0 Å². The maximum Gasteiger partial charge on any atom is 0.259 e. The number of rotatable bonds is 4. The lowest BCUT2D eigenvalue weighted by Crippen LogP contribution is -2.32. The molecule has 134 valence electrons. The van der Waals surface area contributed by atoms with Crippen LogP contribution < -0.4 is 5.32 Å². The third kappa shape index (κ3) is 2.97. The van der Waals surface area contributed by atoms with Crippen molar-refractivity contribution in [3.05, 3.63) is 72.1 Å². The van der Waals surface area contributed by atoms with Gasteiger partial charge in [-0.25, -0.2) is 0 Å². The first-order valence-corrected chi connectivity index (χ1v) is 8.30. The summed E-state index contributed by atoms with van der Waals surface area (Å²) >= 11 is 0. The number of hydrogen-bond acceptors (Lipinski definition) is 5. The molecule has 1 aliphatic rings. The van der Waals surface area contributed by atoms with E-state index in [2.05, 4.69) is 27.4 Å². The monoisotopic (exact) mass is 360 g/mol. The van der Waals surface area contributed by atoms with Gasteiger partial charge in [0, 0.05) is 22.5 Å². The van der Waals surface area contributed by atoms with E-state index >= 15 is 0 Å². The van der Waals surface area contributed by atoms with Crippen LogP contribution in [-0.4, -0.2) is 43.5 Å². The van der Waals surface area contributed by atoms with Gasteiger partial charge in [-0.3, -0.25) is 14.5 Å². The molecule has 2 amide bonds. The fraction of sp³-hybridized carbons (Fsp3) is 0.105. The molecule has 0 bridgehead atoms. The highest BCUT2D eigenvalue weighted by molar-refractivity contribution is 6.11. The van der Waals surface area contributed by atoms with E-state index in [0.717, 1.165) is 11.3 Å². The summed E-state index contributed by atoms with van der Waals surface area (Å²) < 4.78 is 1.57. The maximum atomic E-state index is 12.5. The van der Waals surface area contributed by atoms with E-state index in [1.54, 1.807) is 41.9 Å². The molecule has 0 aliphatic carbocycles. The van der Waals surface area contributed by atoms with Gasteiger partial charge >= 0.3 is 0 Å². The predicted molar refractivity (Wildman–Crippen MR) is 99.0 cm³/mol. The average molecular weight is 360 g/mol. The van der Waals surface area contributed by atoms with E-state index in [1.165, 1.54) is 4.90 Å². The topological polar surface area (TPSA) is 93.0 Å². The number of aromatic nitrogens is 4. The van der Waals surface area contributed by atoms with E-state index in [1.807, 2.05) is 18.2 Å². The van der Waals surface area contributed by atoms with Crippen LogP contribution in [0.4, 0.5) is 5.69 Å². The molecule has 0 atom stereocenters. The fourth-order valence-electron chi connectivity index (χ4n) is 3.03. The highest BCUT2D eigenvalue weighted by Crippen LogP contribution is 2.30. The Morgan fingerprint density at radius 2 is 1.93 bits per heavy atom. The second kappa shape index (κ2) is 6.49. The normalized spacial score (nSPS) is 13.0. The van der Waals surface area contributed by atoms with Gasteiger partial charge in [-0.15, -0.1) is 5.10 Å². The van der Waals surface area contributed by atoms with Gasteiger partial charge in [0.25, 0.3) is 5.91 Å². The van der Waals surface area contributed by atoms with Gasteiger partial charge in [0.05, 0.1) is 5.69 Å². The summed E-state index contributed by atoms with van der Waals surface area (Å²) in [6.45, 7) is 5.62. The Hall–Kier alpha value is -3.81. The first-order valence-electron chi connectivity index (χ1n) is 8.30. The van der Waals surface area contributed by atoms with E-state index in [4.69, 9.17) is 0 Å². The third-order valence-corrected chi connectivity index (χ3v) is 4.34. The summed E-state index contributed by atoms with van der Waals surface area (Å²) in [5.74, 6) is 0.0990. The van der Waals surface area contributed by atoms with Crippen molar-refractivity contribution in [1.29, 1.82) is 0 Å². The molecule has 4 rings (SSSR count). The van der Waals surface area contributed by atoms with Crippen LogP contribution >= 0.6 is 0 Å². The Bertz CT molecular complexity index is 1040. The Labute approximate surface area is 155 Å². The number of anilines is 1. The zero-order chi connectivity index (χ0) is 19.0. The van der Waals surface area contributed by atoms with Crippen LogP contribution in [0.1, 0.15) is 21.7 Å². The second-order valence-corrected chi connectivity index (χ2v) is 6.12. The van der Waals surface area contributed by atoms with Crippen LogP contribution in [0.15, 0.2) is 55.1 Å². The van der Waals surface area contributed by atoms with E-state index in [-0.39, 0.29) is 18.4 Å². The first kappa shape index (κ1) is 16.6. The SMILES string of the molecule is C=C1c2ccccc2C(=O)N1CC(=O)Nc1cccc(-n2nnnc2C)c1. The van der Waals surface area contributed by atoms with Gasteiger partial charge in [-0.1, -0.05) is 30.8 Å². The molecular formula is C19H16N6O2. The Kier molecular flexibility index (Phi) is 4.00. The lowest BCUT2D eigenvalue weighted by Gasteiger charge is -2.17. The molecule has 1 aromatic heterocycles. The number of nitrogens with one attached hydrogen (secondary N) is 1. The zero-order valence-corrected chi connectivity index (χ0v) is 14.6. The van der Waals surface area contributed by atoms with Gasteiger partial charge in [-0.2, -0.15) is 4.68 Å². The number of aryl methyl sites for hydroxylation is 1. The Morgan fingerprint density at radius 1 is 1.15 bits per heavy atom. The molecule has 2 heterocycles. The molecule has 0 fully saturated rings. The van der Waals surface area contributed by atoms with Gasteiger partial charge in [0.1, 0.15) is 6.54 Å². The molecular weight excluding hydrogens is 344 g/mol. The van der Waals surface area contributed by atoms with Crippen molar-refractivity contribution in [1.82, 2.24) is 25.1 Å². The second-order valence-electron chi connectivity index (χ2n) is 6.12. The van der Waals surface area contributed by atoms with Crippen LogP contribution in [-0.2, 0) is 4.79 Å². The summed E-state index contributed by atoms with van der Waals surface area (Å²) in [6.07, 6.45) is 0. The number of fused-ring (bicyclic) bond motifs is 1. The number of carbonyl (C=O) groups is 2. The molecule has 0 unspecified atom stereocenters. The number of hydrogen-bond donors (Lipinski definition) is 1. The van der Waals surface area contributed by atoms with Crippen molar-refractivity contribution in [2.45, 2.75) is 6.92 Å². The highest BCUT2D eigenvalue weighted by atomic mass is 16.2. The molecule has 8 nitrogen and oxygen atoms in total.